The zero-order valence-corrected chi connectivity index (χ0v) is 24.6. The first-order valence-corrected chi connectivity index (χ1v) is 14.3. The van der Waals surface area contributed by atoms with Crippen LogP contribution in [0.2, 0.25) is 5.02 Å². The van der Waals surface area contributed by atoms with Crippen molar-refractivity contribution >= 4 is 46.2 Å². The normalized spacial score (nSPS) is 14.3. The first-order chi connectivity index (χ1) is 20.2. The number of fused-ring (bicyclic) bond motifs is 1. The van der Waals surface area contributed by atoms with Gasteiger partial charge in [0.25, 0.3) is 0 Å². The van der Waals surface area contributed by atoms with Crippen LogP contribution in [0.25, 0.3) is 10.8 Å². The van der Waals surface area contributed by atoms with E-state index in [1.807, 2.05) is 29.2 Å². The van der Waals surface area contributed by atoms with E-state index in [4.69, 9.17) is 16.3 Å². The molecule has 2 aromatic carbocycles. The van der Waals surface area contributed by atoms with Crippen LogP contribution in [0.5, 0.6) is 0 Å². The minimum atomic E-state index is -0.731. The number of carbonyl (C=O) groups is 3. The third-order valence-corrected chi connectivity index (χ3v) is 7.88. The summed E-state index contributed by atoms with van der Waals surface area (Å²) in [5, 5.41) is 7.13. The van der Waals surface area contributed by atoms with Gasteiger partial charge < -0.3 is 24.8 Å². The van der Waals surface area contributed by atoms with E-state index in [2.05, 4.69) is 27.4 Å². The third-order valence-electron chi connectivity index (χ3n) is 7.46. The van der Waals surface area contributed by atoms with E-state index in [1.54, 1.807) is 25.4 Å². The van der Waals surface area contributed by atoms with E-state index in [-0.39, 0.29) is 36.9 Å². The van der Waals surface area contributed by atoms with E-state index in [0.29, 0.717) is 24.5 Å². The third kappa shape index (κ3) is 8.29. The molecule has 1 aliphatic rings. The molecule has 1 atom stereocenters. The van der Waals surface area contributed by atoms with Gasteiger partial charge in [0, 0.05) is 57.8 Å². The average Bonchev–Trinajstić information content (AvgIpc) is 3.01. The Balaban J connectivity index is 1.37. The van der Waals surface area contributed by atoms with Crippen LogP contribution >= 0.6 is 11.6 Å². The van der Waals surface area contributed by atoms with Crippen molar-refractivity contribution in [1.29, 1.82) is 0 Å². The summed E-state index contributed by atoms with van der Waals surface area (Å²) in [6.45, 7) is 5.84. The number of benzene rings is 2. The first-order valence-electron chi connectivity index (χ1n) is 14.0. The lowest BCUT2D eigenvalue weighted by Gasteiger charge is -2.34. The molecule has 3 aromatic rings. The van der Waals surface area contributed by atoms with Crippen molar-refractivity contribution in [2.45, 2.75) is 32.4 Å². The standard InChI is InChI=1S/C30H36ClFN6O4/c1-3-37-13-15-38(16-14-37)27(39)12-11-24(36(2)29(40)34-19-23-9-6-10-25(32)28(23)31)20-42-30(41)35-26-17-21-7-4-5-8-22(21)18-33-26/h4-10,17-18,24H,3,11-16,19-20H2,1-2H3,(H,34,40)(H,33,35,41)/t24-/m0/s1. The highest BCUT2D eigenvalue weighted by molar-refractivity contribution is 6.31. The average molecular weight is 599 g/mol. The fourth-order valence-corrected chi connectivity index (χ4v) is 4.95. The lowest BCUT2D eigenvalue weighted by Crippen LogP contribution is -2.49. The van der Waals surface area contributed by atoms with Crippen molar-refractivity contribution in [3.63, 3.8) is 0 Å². The number of halogens is 2. The lowest BCUT2D eigenvalue weighted by molar-refractivity contribution is -0.133. The van der Waals surface area contributed by atoms with Crippen molar-refractivity contribution in [1.82, 2.24) is 25.0 Å². The predicted molar refractivity (Wildman–Crippen MR) is 160 cm³/mol. The maximum atomic E-state index is 13.8. The second-order valence-electron chi connectivity index (χ2n) is 10.1. The number of urea groups is 1. The molecular weight excluding hydrogens is 563 g/mol. The minimum Gasteiger partial charge on any atom is -0.447 e. The molecule has 0 radical (unpaired) electrons. The van der Waals surface area contributed by atoms with Crippen molar-refractivity contribution < 1.29 is 23.5 Å². The van der Waals surface area contributed by atoms with Gasteiger partial charge in [0.2, 0.25) is 5.91 Å². The van der Waals surface area contributed by atoms with Crippen LogP contribution in [-0.4, -0.2) is 90.1 Å². The fourth-order valence-electron chi connectivity index (χ4n) is 4.76. The summed E-state index contributed by atoms with van der Waals surface area (Å²) in [5.41, 5.74) is 0.426. The van der Waals surface area contributed by atoms with Crippen LogP contribution < -0.4 is 10.6 Å². The molecule has 12 heteroatoms. The summed E-state index contributed by atoms with van der Waals surface area (Å²) < 4.78 is 19.3. The molecule has 2 heterocycles. The Morgan fingerprint density at radius 1 is 1.10 bits per heavy atom. The number of pyridine rings is 1. The van der Waals surface area contributed by atoms with E-state index < -0.39 is 24.0 Å². The molecular formula is C30H36ClFN6O4. The molecule has 1 aliphatic heterocycles. The zero-order chi connectivity index (χ0) is 30.1. The maximum Gasteiger partial charge on any atom is 0.412 e. The van der Waals surface area contributed by atoms with Gasteiger partial charge in [-0.2, -0.15) is 0 Å². The molecule has 4 amide bonds. The molecule has 0 unspecified atom stereocenters. The van der Waals surface area contributed by atoms with Crippen LogP contribution in [0.3, 0.4) is 0 Å². The van der Waals surface area contributed by atoms with Gasteiger partial charge in [-0.1, -0.05) is 54.9 Å². The number of aromatic nitrogens is 1. The Kier molecular flexibility index (Phi) is 10.9. The molecule has 0 aliphatic carbocycles. The number of ether oxygens (including phenoxy) is 1. The van der Waals surface area contributed by atoms with Crippen molar-refractivity contribution in [2.75, 3.05) is 51.7 Å². The Morgan fingerprint density at radius 3 is 2.57 bits per heavy atom. The van der Waals surface area contributed by atoms with Gasteiger partial charge in [-0.15, -0.1) is 0 Å². The Labute approximate surface area is 249 Å². The fraction of sp³-hybridized carbons (Fsp3) is 0.400. The number of piperazine rings is 1. The molecule has 1 fully saturated rings. The van der Waals surface area contributed by atoms with Crippen LogP contribution in [0, 0.1) is 5.82 Å². The summed E-state index contributed by atoms with van der Waals surface area (Å²) in [6, 6.07) is 12.6. The molecule has 4 rings (SSSR count). The number of likely N-dealkylation sites (N-methyl/N-ethyl adjacent to an activating group) is 2. The first kappa shape index (κ1) is 31.0. The second-order valence-corrected chi connectivity index (χ2v) is 10.5. The van der Waals surface area contributed by atoms with Gasteiger partial charge in [0.1, 0.15) is 18.2 Å². The number of nitrogens with zero attached hydrogens (tertiary/aromatic N) is 4. The molecule has 0 saturated carbocycles. The summed E-state index contributed by atoms with van der Waals surface area (Å²) in [6.07, 6.45) is 1.38. The number of hydrogen-bond acceptors (Lipinski definition) is 6. The highest BCUT2D eigenvalue weighted by atomic mass is 35.5. The van der Waals surface area contributed by atoms with Crippen molar-refractivity contribution in [2.24, 2.45) is 0 Å². The van der Waals surface area contributed by atoms with Crippen LogP contribution in [0.15, 0.2) is 54.7 Å². The molecule has 224 valence electrons. The molecule has 10 nitrogen and oxygen atoms in total. The maximum absolute atomic E-state index is 13.8. The van der Waals surface area contributed by atoms with E-state index in [1.165, 1.54) is 17.0 Å². The Hall–Kier alpha value is -3.96. The number of amides is 4. The summed E-state index contributed by atoms with van der Waals surface area (Å²) in [7, 11) is 1.56. The van der Waals surface area contributed by atoms with Crippen LogP contribution in [0.1, 0.15) is 25.3 Å². The number of hydrogen-bond donors (Lipinski definition) is 2. The number of nitrogens with one attached hydrogen (secondary N) is 2. The van der Waals surface area contributed by atoms with Gasteiger partial charge in [0.05, 0.1) is 11.1 Å². The van der Waals surface area contributed by atoms with Crippen LogP contribution in [-0.2, 0) is 16.1 Å². The SMILES string of the molecule is CCN1CCN(C(=O)CC[C@@H](COC(=O)Nc2cc3ccccc3cn2)N(C)C(=O)NCc2cccc(F)c2Cl)CC1. The largest absolute Gasteiger partial charge is 0.447 e. The summed E-state index contributed by atoms with van der Waals surface area (Å²) >= 11 is 6.02. The monoisotopic (exact) mass is 598 g/mol. The molecule has 1 aromatic heterocycles. The number of carbonyl (C=O) groups excluding carboxylic acids is 3. The van der Waals surface area contributed by atoms with Crippen molar-refractivity contribution in [3.8, 4) is 0 Å². The number of rotatable bonds is 10. The Morgan fingerprint density at radius 2 is 1.83 bits per heavy atom. The summed E-state index contributed by atoms with van der Waals surface area (Å²) in [5.74, 6) is -0.260. The predicted octanol–water partition coefficient (Wildman–Crippen LogP) is 4.73. The molecule has 0 bridgehead atoms. The van der Waals surface area contributed by atoms with Gasteiger partial charge >= 0.3 is 12.1 Å². The van der Waals surface area contributed by atoms with E-state index >= 15 is 0 Å². The quantitative estimate of drug-likeness (QED) is 0.349. The molecule has 2 N–H and O–H groups in total. The smallest absolute Gasteiger partial charge is 0.412 e. The van der Waals surface area contributed by atoms with Gasteiger partial charge in [-0.3, -0.25) is 10.1 Å². The minimum absolute atomic E-state index is 0.00208. The second kappa shape index (κ2) is 14.8. The highest BCUT2D eigenvalue weighted by Crippen LogP contribution is 2.20. The highest BCUT2D eigenvalue weighted by Gasteiger charge is 2.26. The van der Waals surface area contributed by atoms with Gasteiger partial charge in [-0.25, -0.2) is 19.0 Å². The van der Waals surface area contributed by atoms with E-state index in [9.17, 15) is 18.8 Å². The van der Waals surface area contributed by atoms with Crippen molar-refractivity contribution in [3.05, 3.63) is 71.1 Å². The van der Waals surface area contributed by atoms with Crippen LogP contribution in [0.4, 0.5) is 19.8 Å². The molecule has 1 saturated heterocycles. The Bertz CT molecular complexity index is 1400. The van der Waals surface area contributed by atoms with Gasteiger partial charge in [0.15, 0.2) is 0 Å². The summed E-state index contributed by atoms with van der Waals surface area (Å²) in [4.78, 5) is 48.4. The van der Waals surface area contributed by atoms with Gasteiger partial charge in [-0.05, 0) is 36.0 Å². The topological polar surface area (TPSA) is 107 Å². The molecule has 0 spiro atoms. The van der Waals surface area contributed by atoms with E-state index in [0.717, 1.165) is 30.4 Å². The lowest BCUT2D eigenvalue weighted by atomic mass is 10.1. The molecule has 42 heavy (non-hydrogen) atoms. The zero-order valence-electron chi connectivity index (χ0n) is 23.8. The number of anilines is 1.